The average Bonchev–Trinajstić information content (AvgIpc) is 2.97. The molecule has 0 radical (unpaired) electrons. The second kappa shape index (κ2) is 5.58. The Morgan fingerprint density at radius 1 is 1.25 bits per heavy atom. The van der Waals surface area contributed by atoms with E-state index in [9.17, 15) is 10.1 Å². The molecule has 0 atom stereocenters. The SMILES string of the molecule is CC(C)(O)C(C)(C)OB(O)c1scnc1-c1cccs1. The van der Waals surface area contributed by atoms with Gasteiger partial charge in [-0.3, -0.25) is 0 Å². The van der Waals surface area contributed by atoms with Crippen molar-refractivity contribution in [1.29, 1.82) is 0 Å². The van der Waals surface area contributed by atoms with E-state index in [-0.39, 0.29) is 0 Å². The second-order valence-corrected chi connectivity index (χ2v) is 7.42. The van der Waals surface area contributed by atoms with Crippen LogP contribution in [0.3, 0.4) is 0 Å². The molecular weight excluding hydrogens is 293 g/mol. The molecule has 2 N–H and O–H groups in total. The van der Waals surface area contributed by atoms with Gasteiger partial charge in [0, 0.05) is 0 Å². The van der Waals surface area contributed by atoms with Crippen molar-refractivity contribution >= 4 is 34.6 Å². The van der Waals surface area contributed by atoms with E-state index in [4.69, 9.17) is 4.65 Å². The molecular formula is C13H18BNO3S2. The number of nitrogens with zero attached hydrogens (tertiary/aromatic N) is 1. The monoisotopic (exact) mass is 311 g/mol. The summed E-state index contributed by atoms with van der Waals surface area (Å²) < 4.78 is 6.32. The van der Waals surface area contributed by atoms with Crippen LogP contribution in [0.15, 0.2) is 23.0 Å². The molecule has 20 heavy (non-hydrogen) atoms. The van der Waals surface area contributed by atoms with Gasteiger partial charge in [0.25, 0.3) is 0 Å². The van der Waals surface area contributed by atoms with Crippen LogP contribution in [0.2, 0.25) is 0 Å². The van der Waals surface area contributed by atoms with Gasteiger partial charge in [0.1, 0.15) is 0 Å². The molecule has 0 aliphatic rings. The minimum Gasteiger partial charge on any atom is -0.422 e. The highest BCUT2D eigenvalue weighted by atomic mass is 32.1. The van der Waals surface area contributed by atoms with Gasteiger partial charge in [0.2, 0.25) is 0 Å². The van der Waals surface area contributed by atoms with Crippen molar-refractivity contribution in [2.45, 2.75) is 38.9 Å². The summed E-state index contributed by atoms with van der Waals surface area (Å²) >= 11 is 2.91. The molecule has 2 rings (SSSR count). The molecule has 2 aromatic heterocycles. The van der Waals surface area contributed by atoms with Gasteiger partial charge in [-0.2, -0.15) is 0 Å². The third-order valence-electron chi connectivity index (χ3n) is 3.45. The van der Waals surface area contributed by atoms with E-state index in [1.54, 1.807) is 44.5 Å². The van der Waals surface area contributed by atoms with Crippen LogP contribution in [0.25, 0.3) is 10.6 Å². The van der Waals surface area contributed by atoms with Crippen LogP contribution in [0, 0.1) is 0 Å². The molecule has 0 amide bonds. The third kappa shape index (κ3) is 3.12. The smallest absolute Gasteiger partial charge is 0.422 e. The molecule has 0 saturated carbocycles. The van der Waals surface area contributed by atoms with E-state index in [0.717, 1.165) is 10.6 Å². The van der Waals surface area contributed by atoms with E-state index in [1.165, 1.54) is 11.3 Å². The Labute approximate surface area is 127 Å². The maximum absolute atomic E-state index is 10.3. The molecule has 0 spiro atoms. The molecule has 0 aromatic carbocycles. The van der Waals surface area contributed by atoms with Gasteiger partial charge in [-0.05, 0) is 39.1 Å². The lowest BCUT2D eigenvalue weighted by Crippen LogP contribution is -2.52. The topological polar surface area (TPSA) is 62.6 Å². The predicted octanol–water partition coefficient (Wildman–Crippen LogP) is 2.13. The Balaban J connectivity index is 2.23. The lowest BCUT2D eigenvalue weighted by molar-refractivity contribution is -0.0981. The quantitative estimate of drug-likeness (QED) is 0.830. The van der Waals surface area contributed by atoms with Gasteiger partial charge >= 0.3 is 7.12 Å². The van der Waals surface area contributed by atoms with Gasteiger partial charge in [-0.25, -0.2) is 4.98 Å². The highest BCUT2D eigenvalue weighted by molar-refractivity contribution is 7.22. The lowest BCUT2D eigenvalue weighted by Gasteiger charge is -2.38. The van der Waals surface area contributed by atoms with Crippen molar-refractivity contribution in [2.24, 2.45) is 0 Å². The maximum atomic E-state index is 10.3. The number of hydrogen-bond donors (Lipinski definition) is 2. The fourth-order valence-electron chi connectivity index (χ4n) is 1.51. The van der Waals surface area contributed by atoms with Gasteiger partial charge in [0.15, 0.2) is 0 Å². The number of thiazole rings is 1. The van der Waals surface area contributed by atoms with Crippen LogP contribution < -0.4 is 4.78 Å². The standard InChI is InChI=1S/C13H18BNO3S2/c1-12(2,16)13(3,4)18-14(17)11-10(15-8-20-11)9-6-5-7-19-9/h5-8,16-17H,1-4H3. The molecule has 0 aliphatic carbocycles. The normalized spacial score (nSPS) is 12.7. The minimum atomic E-state index is -1.11. The van der Waals surface area contributed by atoms with Crippen molar-refractivity contribution in [3.8, 4) is 10.6 Å². The highest BCUT2D eigenvalue weighted by Gasteiger charge is 2.40. The summed E-state index contributed by atoms with van der Waals surface area (Å²) in [5.74, 6) is 0. The first-order chi connectivity index (χ1) is 9.22. The minimum absolute atomic E-state index is 0.657. The largest absolute Gasteiger partial charge is 0.504 e. The number of hydrogen-bond acceptors (Lipinski definition) is 6. The van der Waals surface area contributed by atoms with Gasteiger partial charge in [-0.15, -0.1) is 22.7 Å². The van der Waals surface area contributed by atoms with Crippen LogP contribution in [0.5, 0.6) is 0 Å². The van der Waals surface area contributed by atoms with E-state index < -0.39 is 18.3 Å². The predicted molar refractivity (Wildman–Crippen MR) is 84.5 cm³/mol. The van der Waals surface area contributed by atoms with Crippen molar-refractivity contribution in [2.75, 3.05) is 0 Å². The van der Waals surface area contributed by atoms with Crippen LogP contribution >= 0.6 is 22.7 Å². The summed E-state index contributed by atoms with van der Waals surface area (Å²) in [6, 6.07) is 3.90. The van der Waals surface area contributed by atoms with Crippen LogP contribution in [0.1, 0.15) is 27.7 Å². The molecule has 2 heterocycles. The molecule has 0 unspecified atom stereocenters. The molecule has 7 heteroatoms. The summed E-state index contributed by atoms with van der Waals surface area (Å²) in [4.78, 5) is 5.29. The fraction of sp³-hybridized carbons (Fsp3) is 0.462. The zero-order valence-corrected chi connectivity index (χ0v) is 13.6. The van der Waals surface area contributed by atoms with E-state index in [1.807, 2.05) is 17.5 Å². The number of aromatic nitrogens is 1. The molecule has 108 valence electrons. The summed E-state index contributed by atoms with van der Waals surface area (Å²) in [5, 5.41) is 22.4. The Kier molecular flexibility index (Phi) is 4.37. The first-order valence-corrected chi connectivity index (χ1v) is 8.04. The summed E-state index contributed by atoms with van der Waals surface area (Å²) in [6.45, 7) is 6.82. The van der Waals surface area contributed by atoms with E-state index in [2.05, 4.69) is 4.98 Å². The summed E-state index contributed by atoms with van der Waals surface area (Å²) in [5.41, 5.74) is 0.475. The van der Waals surface area contributed by atoms with E-state index in [0.29, 0.717) is 4.78 Å². The van der Waals surface area contributed by atoms with Crippen molar-refractivity contribution in [1.82, 2.24) is 4.98 Å². The molecule has 0 fully saturated rings. The molecule has 0 bridgehead atoms. The highest BCUT2D eigenvalue weighted by Crippen LogP contribution is 2.27. The van der Waals surface area contributed by atoms with Crippen molar-refractivity contribution < 1.29 is 14.8 Å². The Morgan fingerprint density at radius 3 is 2.50 bits per heavy atom. The van der Waals surface area contributed by atoms with Crippen molar-refractivity contribution in [3.05, 3.63) is 23.0 Å². The van der Waals surface area contributed by atoms with Gasteiger partial charge in [0.05, 0.1) is 32.1 Å². The Bertz CT molecular complexity index is 560. The number of rotatable bonds is 5. The van der Waals surface area contributed by atoms with Crippen molar-refractivity contribution in [3.63, 3.8) is 0 Å². The van der Waals surface area contributed by atoms with Crippen LogP contribution in [0.4, 0.5) is 0 Å². The van der Waals surface area contributed by atoms with Gasteiger partial charge < -0.3 is 14.8 Å². The average molecular weight is 311 g/mol. The second-order valence-electron chi connectivity index (χ2n) is 5.58. The van der Waals surface area contributed by atoms with E-state index >= 15 is 0 Å². The molecule has 0 aliphatic heterocycles. The first kappa shape index (κ1) is 15.7. The Hall–Kier alpha value is -0.725. The molecule has 2 aromatic rings. The summed E-state index contributed by atoms with van der Waals surface area (Å²) in [7, 11) is -1.11. The number of thiophene rings is 1. The van der Waals surface area contributed by atoms with Gasteiger partial charge in [-0.1, -0.05) is 6.07 Å². The third-order valence-corrected chi connectivity index (χ3v) is 5.19. The lowest BCUT2D eigenvalue weighted by atomic mass is 9.81. The molecule has 4 nitrogen and oxygen atoms in total. The fourth-order valence-corrected chi connectivity index (χ4v) is 3.02. The number of aliphatic hydroxyl groups is 1. The van der Waals surface area contributed by atoms with Crippen LogP contribution in [-0.2, 0) is 4.65 Å². The summed E-state index contributed by atoms with van der Waals surface area (Å²) in [6.07, 6.45) is 0. The molecule has 0 saturated heterocycles. The zero-order valence-electron chi connectivity index (χ0n) is 12.0. The first-order valence-electron chi connectivity index (χ1n) is 6.28. The zero-order chi connectivity index (χ0) is 15.0. The maximum Gasteiger partial charge on any atom is 0.504 e. The van der Waals surface area contributed by atoms with Crippen LogP contribution in [-0.4, -0.2) is 33.4 Å². The Morgan fingerprint density at radius 2 is 1.95 bits per heavy atom.